The fraction of sp³-hybridized carbons (Fsp3) is 0.545. The zero-order valence-corrected chi connectivity index (χ0v) is 15.5. The number of hydrogen-bond acceptors (Lipinski definition) is 3. The quantitative estimate of drug-likeness (QED) is 0.776. The number of fused-ring (bicyclic) bond motifs is 1. The van der Waals surface area contributed by atoms with Crippen LogP contribution in [0, 0.1) is 26.7 Å². The van der Waals surface area contributed by atoms with Crippen LogP contribution >= 0.6 is 0 Å². The number of aryl methyl sites for hydroxylation is 3. The second-order valence-electron chi connectivity index (χ2n) is 8.08. The van der Waals surface area contributed by atoms with Gasteiger partial charge in [0, 0.05) is 12.6 Å². The van der Waals surface area contributed by atoms with Gasteiger partial charge in [0.15, 0.2) is 0 Å². The number of piperidine rings is 1. The molecule has 2 aliphatic rings. The maximum atomic E-state index is 12.5. The molecule has 0 radical (unpaired) electrons. The van der Waals surface area contributed by atoms with E-state index >= 15 is 0 Å². The SMILES string of the molecule is Cc1cc(C)c(-c2c(N3CCC[C@@H]4CCCC[C@H]43)c(=O)c2=O)cc1C. The Morgan fingerprint density at radius 2 is 1.52 bits per heavy atom. The lowest BCUT2D eigenvalue weighted by Gasteiger charge is -2.46. The van der Waals surface area contributed by atoms with Crippen molar-refractivity contribution in [3.8, 4) is 11.1 Å². The summed E-state index contributed by atoms with van der Waals surface area (Å²) in [5.41, 5.74) is 5.29. The van der Waals surface area contributed by atoms with E-state index in [4.69, 9.17) is 0 Å². The minimum absolute atomic E-state index is 0.265. The van der Waals surface area contributed by atoms with Gasteiger partial charge in [0.25, 0.3) is 0 Å². The number of anilines is 1. The maximum Gasteiger partial charge on any atom is 0.250 e. The molecule has 1 aliphatic heterocycles. The topological polar surface area (TPSA) is 37.4 Å². The molecule has 2 fully saturated rings. The van der Waals surface area contributed by atoms with Crippen LogP contribution in [0.1, 0.15) is 55.2 Å². The van der Waals surface area contributed by atoms with Crippen molar-refractivity contribution in [2.24, 2.45) is 5.92 Å². The Labute approximate surface area is 149 Å². The molecular weight excluding hydrogens is 310 g/mol. The molecule has 0 amide bonds. The molecule has 2 aromatic rings. The van der Waals surface area contributed by atoms with Gasteiger partial charge in [-0.25, -0.2) is 0 Å². The number of nitrogens with zero attached hydrogens (tertiary/aromatic N) is 1. The van der Waals surface area contributed by atoms with Gasteiger partial charge in [-0.3, -0.25) is 9.59 Å². The van der Waals surface area contributed by atoms with E-state index < -0.39 is 0 Å². The first-order valence-corrected chi connectivity index (χ1v) is 9.67. The fourth-order valence-electron chi connectivity index (χ4n) is 5.04. The average molecular weight is 337 g/mol. The molecule has 1 saturated heterocycles. The number of hydrogen-bond donors (Lipinski definition) is 0. The molecular formula is C22H27NO2. The standard InChI is InChI=1S/C22H27NO2/c1-13-11-15(3)17(12-14(13)2)19-20(22(25)21(19)24)23-10-6-8-16-7-4-5-9-18(16)23/h11-12,16,18H,4-10H2,1-3H3/t16-,18+/m0/s1. The summed E-state index contributed by atoms with van der Waals surface area (Å²) in [4.78, 5) is 27.3. The lowest BCUT2D eigenvalue weighted by molar-refractivity contribution is 0.243. The third kappa shape index (κ3) is 2.56. The Balaban J connectivity index is 1.80. The molecule has 0 N–H and O–H groups in total. The third-order valence-corrected chi connectivity index (χ3v) is 6.53. The molecule has 2 aromatic carbocycles. The van der Waals surface area contributed by atoms with Gasteiger partial charge in [0.05, 0.1) is 5.56 Å². The number of benzene rings is 1. The first-order valence-electron chi connectivity index (χ1n) is 9.67. The Hall–Kier alpha value is -1.90. The second kappa shape index (κ2) is 6.12. The molecule has 3 nitrogen and oxygen atoms in total. The minimum atomic E-state index is -0.292. The van der Waals surface area contributed by atoms with Crippen molar-refractivity contribution in [3.63, 3.8) is 0 Å². The van der Waals surface area contributed by atoms with Gasteiger partial charge < -0.3 is 4.90 Å². The van der Waals surface area contributed by atoms with E-state index in [9.17, 15) is 9.59 Å². The van der Waals surface area contributed by atoms with Crippen molar-refractivity contribution in [1.29, 1.82) is 0 Å². The summed E-state index contributed by atoms with van der Waals surface area (Å²) in [5, 5.41) is 0. The molecule has 0 aromatic heterocycles. The van der Waals surface area contributed by atoms with E-state index in [1.165, 1.54) is 36.8 Å². The van der Waals surface area contributed by atoms with Gasteiger partial charge in [-0.15, -0.1) is 0 Å². The smallest absolute Gasteiger partial charge is 0.250 e. The molecule has 2 atom stereocenters. The largest absolute Gasteiger partial charge is 0.364 e. The van der Waals surface area contributed by atoms with E-state index in [1.54, 1.807) is 0 Å². The zero-order chi connectivity index (χ0) is 17.7. The van der Waals surface area contributed by atoms with E-state index in [1.807, 2.05) is 6.92 Å². The minimum Gasteiger partial charge on any atom is -0.364 e. The van der Waals surface area contributed by atoms with Crippen LogP contribution in [0.3, 0.4) is 0 Å². The summed E-state index contributed by atoms with van der Waals surface area (Å²) < 4.78 is 0. The maximum absolute atomic E-state index is 12.5. The highest BCUT2D eigenvalue weighted by molar-refractivity contribution is 5.85. The van der Waals surface area contributed by atoms with E-state index in [-0.39, 0.29) is 10.9 Å². The van der Waals surface area contributed by atoms with Crippen LogP contribution in [0.4, 0.5) is 5.69 Å². The summed E-state index contributed by atoms with van der Waals surface area (Å²) >= 11 is 0. The number of rotatable bonds is 2. The van der Waals surface area contributed by atoms with Crippen molar-refractivity contribution in [1.82, 2.24) is 0 Å². The lowest BCUT2D eigenvalue weighted by Crippen LogP contribution is -2.52. The Morgan fingerprint density at radius 3 is 2.32 bits per heavy atom. The van der Waals surface area contributed by atoms with Gasteiger partial charge in [0.2, 0.25) is 10.9 Å². The monoisotopic (exact) mass is 337 g/mol. The Bertz CT molecular complexity index is 886. The summed E-state index contributed by atoms with van der Waals surface area (Å²) in [6, 6.07) is 4.67. The molecule has 0 unspecified atom stereocenters. The van der Waals surface area contributed by atoms with Gasteiger partial charge in [-0.1, -0.05) is 25.0 Å². The first kappa shape index (κ1) is 16.6. The van der Waals surface area contributed by atoms with Crippen LogP contribution in [-0.2, 0) is 0 Å². The summed E-state index contributed by atoms with van der Waals surface area (Å²) in [6.45, 7) is 7.12. The average Bonchev–Trinajstić information content (AvgIpc) is 2.62. The molecule has 1 heterocycles. The second-order valence-corrected chi connectivity index (χ2v) is 8.08. The highest BCUT2D eigenvalue weighted by Crippen LogP contribution is 2.40. The summed E-state index contributed by atoms with van der Waals surface area (Å²) in [6.07, 6.45) is 7.39. The van der Waals surface area contributed by atoms with Crippen LogP contribution in [0.2, 0.25) is 0 Å². The van der Waals surface area contributed by atoms with Gasteiger partial charge in [-0.2, -0.15) is 0 Å². The third-order valence-electron chi connectivity index (χ3n) is 6.53. The summed E-state index contributed by atoms with van der Waals surface area (Å²) in [5.74, 6) is 0.695. The first-order chi connectivity index (χ1) is 12.0. The predicted molar refractivity (Wildman–Crippen MR) is 103 cm³/mol. The molecule has 1 aliphatic carbocycles. The molecule has 0 bridgehead atoms. The fourth-order valence-corrected chi connectivity index (χ4v) is 5.04. The molecule has 3 heteroatoms. The van der Waals surface area contributed by atoms with Crippen LogP contribution in [0.15, 0.2) is 21.7 Å². The van der Waals surface area contributed by atoms with Crippen LogP contribution in [-0.4, -0.2) is 12.6 Å². The van der Waals surface area contributed by atoms with Gasteiger partial charge >= 0.3 is 0 Å². The Kier molecular flexibility index (Phi) is 4.05. The molecule has 25 heavy (non-hydrogen) atoms. The van der Waals surface area contributed by atoms with E-state index in [0.29, 0.717) is 23.2 Å². The van der Waals surface area contributed by atoms with E-state index in [2.05, 4.69) is 30.9 Å². The van der Waals surface area contributed by atoms with E-state index in [0.717, 1.165) is 30.5 Å². The van der Waals surface area contributed by atoms with Gasteiger partial charge in [-0.05, 0) is 74.6 Å². The highest BCUT2D eigenvalue weighted by Gasteiger charge is 2.38. The Morgan fingerprint density at radius 1 is 0.840 bits per heavy atom. The van der Waals surface area contributed by atoms with Crippen LogP contribution < -0.4 is 15.8 Å². The van der Waals surface area contributed by atoms with Crippen molar-refractivity contribution in [2.45, 2.75) is 65.3 Å². The summed E-state index contributed by atoms with van der Waals surface area (Å²) in [7, 11) is 0. The normalized spacial score (nSPS) is 23.7. The van der Waals surface area contributed by atoms with Gasteiger partial charge in [0.1, 0.15) is 5.69 Å². The predicted octanol–water partition coefficient (Wildman–Crippen LogP) is 4.03. The van der Waals surface area contributed by atoms with Crippen LogP contribution in [0.25, 0.3) is 11.1 Å². The van der Waals surface area contributed by atoms with Crippen molar-refractivity contribution >= 4 is 5.69 Å². The molecule has 1 saturated carbocycles. The molecule has 4 rings (SSSR count). The zero-order valence-electron chi connectivity index (χ0n) is 15.5. The lowest BCUT2D eigenvalue weighted by atomic mass is 9.77. The van der Waals surface area contributed by atoms with Crippen LogP contribution in [0.5, 0.6) is 0 Å². The van der Waals surface area contributed by atoms with Crippen molar-refractivity contribution < 1.29 is 0 Å². The van der Waals surface area contributed by atoms with Crippen molar-refractivity contribution in [3.05, 3.63) is 49.3 Å². The molecule has 0 spiro atoms. The molecule has 132 valence electrons. The van der Waals surface area contributed by atoms with Crippen molar-refractivity contribution in [2.75, 3.05) is 11.4 Å². The highest BCUT2D eigenvalue weighted by atomic mass is 16.2.